The topological polar surface area (TPSA) is 57.4 Å². The van der Waals surface area contributed by atoms with Crippen LogP contribution in [0.15, 0.2) is 121 Å². The average Bonchev–Trinajstić information content (AvgIpc) is 4.08. The molecule has 3 aromatic heterocycles. The monoisotopic (exact) mass is 902 g/mol. The van der Waals surface area contributed by atoms with E-state index in [1.807, 2.05) is 0 Å². The van der Waals surface area contributed by atoms with Gasteiger partial charge in [0.2, 0.25) is 0 Å². The fourth-order valence-electron chi connectivity index (χ4n) is 8.72. The first kappa shape index (κ1) is 45.4. The van der Waals surface area contributed by atoms with Crippen molar-refractivity contribution >= 4 is 69.1 Å². The third-order valence-corrected chi connectivity index (χ3v) is 12.5. The minimum atomic E-state index is 0. The van der Waals surface area contributed by atoms with E-state index in [0.717, 1.165) is 107 Å². The summed E-state index contributed by atoms with van der Waals surface area (Å²) >= 11 is 0. The van der Waals surface area contributed by atoms with Crippen molar-refractivity contribution in [2.24, 2.45) is 0 Å². The van der Waals surface area contributed by atoms with Crippen molar-refractivity contribution < 1.29 is 17.1 Å². The van der Waals surface area contributed by atoms with Gasteiger partial charge in [0.05, 0.1) is 107 Å². The Morgan fingerprint density at radius 3 is 0.631 bits per heavy atom. The van der Waals surface area contributed by atoms with Gasteiger partial charge in [-0.15, -0.1) is 0 Å². The summed E-state index contributed by atoms with van der Waals surface area (Å²) in [5.41, 5.74) is 20.9. The molecule has 5 heterocycles. The zero-order chi connectivity index (χ0) is 45.3. The smallest absolute Gasteiger partial charge is 0.132 e. The fraction of sp³-hybridized carbons (Fsp3) is 0.214. The molecule has 7 aromatic rings. The molecule has 2 aliphatic rings. The Hall–Kier alpha value is -6.16. The number of fused-ring (bicyclic) bond motifs is 8. The summed E-state index contributed by atoms with van der Waals surface area (Å²) in [6.07, 6.45) is 8.69. The molecule has 2 aliphatic heterocycles. The maximum Gasteiger partial charge on any atom is 0.132 e. The van der Waals surface area contributed by atoms with Crippen molar-refractivity contribution in [3.63, 3.8) is 0 Å². The van der Waals surface area contributed by atoms with E-state index in [9.17, 15) is 0 Å². The van der Waals surface area contributed by atoms with E-state index < -0.39 is 0 Å². The van der Waals surface area contributed by atoms with Gasteiger partial charge in [0.15, 0.2) is 0 Å². The molecule has 65 heavy (non-hydrogen) atoms. The number of nitrogens with zero attached hydrogens (tertiary/aromatic N) is 6. The van der Waals surface area contributed by atoms with Gasteiger partial charge in [-0.3, -0.25) is 17.9 Å². The summed E-state index contributed by atoms with van der Waals surface area (Å²) in [5.74, 6) is 0. The molecule has 8 bridgehead atoms. The van der Waals surface area contributed by atoms with Crippen LogP contribution in [0.2, 0.25) is 0 Å². The van der Waals surface area contributed by atoms with Crippen molar-refractivity contribution in [2.75, 3.05) is 84.6 Å². The largest absolute Gasteiger partial charge is 0.354 e. The van der Waals surface area contributed by atoms with Gasteiger partial charge in [-0.1, -0.05) is 0 Å². The third kappa shape index (κ3) is 8.96. The maximum atomic E-state index is 5.54. The molecule has 0 saturated carbocycles. The molecule has 8 nitrogen and oxygen atoms in total. The van der Waals surface area contributed by atoms with Crippen LogP contribution in [0.3, 0.4) is 0 Å². The van der Waals surface area contributed by atoms with E-state index in [0.29, 0.717) is 0 Å². The first-order valence-electron chi connectivity index (χ1n) is 22.1. The second-order valence-electron chi connectivity index (χ2n) is 20.7. The zero-order valence-electron chi connectivity index (χ0n) is 39.9. The molecule has 9 heteroatoms. The van der Waals surface area contributed by atoms with Crippen LogP contribution < -0.4 is 17.9 Å². The molecule has 0 aliphatic carbocycles. The molecule has 330 valence electrons. The molecule has 0 unspecified atom stereocenters. The molecule has 0 saturated heterocycles. The van der Waals surface area contributed by atoms with E-state index >= 15 is 0 Å². The quantitative estimate of drug-likeness (QED) is 0.118. The molecular formula is C56H62FeN8+4. The summed E-state index contributed by atoms with van der Waals surface area (Å²) in [5, 5.41) is 0. The molecule has 0 fully saturated rings. The Morgan fingerprint density at radius 1 is 0.277 bits per heavy atom. The second-order valence-corrected chi connectivity index (χ2v) is 20.7. The van der Waals surface area contributed by atoms with Gasteiger partial charge in [-0.2, -0.15) is 0 Å². The van der Waals surface area contributed by atoms with Crippen LogP contribution >= 0.6 is 0 Å². The van der Waals surface area contributed by atoms with Gasteiger partial charge in [0, 0.05) is 61.4 Å². The van der Waals surface area contributed by atoms with Crippen LogP contribution in [0.25, 0.3) is 90.9 Å². The minimum absolute atomic E-state index is 0. The van der Waals surface area contributed by atoms with Crippen LogP contribution in [0.5, 0.6) is 0 Å². The van der Waals surface area contributed by atoms with Crippen molar-refractivity contribution in [1.82, 2.24) is 37.9 Å². The Kier molecular flexibility index (Phi) is 11.7. The summed E-state index contributed by atoms with van der Waals surface area (Å²) in [6.45, 7) is 0. The number of hydrogen-bond donors (Lipinski definition) is 2. The van der Waals surface area contributed by atoms with Crippen LogP contribution in [-0.2, 0) is 17.1 Å². The average molecular weight is 903 g/mol. The van der Waals surface area contributed by atoms with Crippen LogP contribution in [0.4, 0.5) is 22.7 Å². The fourth-order valence-corrected chi connectivity index (χ4v) is 8.72. The number of hydrogen-bond acceptors (Lipinski definition) is 2. The van der Waals surface area contributed by atoms with Crippen molar-refractivity contribution in [1.29, 1.82) is 0 Å². The molecule has 9 rings (SSSR count). The minimum Gasteiger partial charge on any atom is -0.354 e. The van der Waals surface area contributed by atoms with Gasteiger partial charge in [-0.25, -0.2) is 9.97 Å². The third-order valence-electron chi connectivity index (χ3n) is 12.5. The summed E-state index contributed by atoms with van der Waals surface area (Å²) in [7, 11) is 26.4. The number of aromatic amines is 2. The van der Waals surface area contributed by atoms with E-state index in [-0.39, 0.29) is 17.1 Å². The Bertz CT molecular complexity index is 2720. The van der Waals surface area contributed by atoms with Gasteiger partial charge in [-0.05, 0) is 168 Å². The summed E-state index contributed by atoms with van der Waals surface area (Å²) in [6, 6.07) is 44.5. The van der Waals surface area contributed by atoms with E-state index in [2.05, 4.69) is 240 Å². The molecule has 0 radical (unpaired) electrons. The number of rotatable bonds is 8. The predicted octanol–water partition coefficient (Wildman–Crippen LogP) is 12.1. The van der Waals surface area contributed by atoms with E-state index in [4.69, 9.17) is 9.97 Å². The zero-order valence-corrected chi connectivity index (χ0v) is 41.0. The van der Waals surface area contributed by atoms with E-state index in [1.165, 1.54) is 22.7 Å². The second kappa shape index (κ2) is 16.7. The van der Waals surface area contributed by atoms with Gasteiger partial charge in [0.25, 0.3) is 0 Å². The standard InChI is InChI=1S/C56H62N8.Fe/c1-61(2,3)41-21-13-37(14-22-41)53-45-29-31-47(57-45)54(38-15-23-42(24-16-38)62(4,5)6)49-33-35-51(59-49)56(40-19-27-44(28-20-40)64(10,11)12)52-36-34-50(60-52)55(48-32-30-46(53)58-48)39-17-25-43(26-18-39)63(7,8)9;/h13-36,57,60H,1-12H3;/q+4;. The first-order valence-corrected chi connectivity index (χ1v) is 22.1. The number of benzene rings is 4. The van der Waals surface area contributed by atoms with Crippen LogP contribution in [-0.4, -0.2) is 105 Å². The summed E-state index contributed by atoms with van der Waals surface area (Å²) in [4.78, 5) is 18.9. The predicted molar refractivity (Wildman–Crippen MR) is 279 cm³/mol. The first-order chi connectivity index (χ1) is 30.2. The van der Waals surface area contributed by atoms with Crippen LogP contribution in [0, 0.1) is 0 Å². The van der Waals surface area contributed by atoms with Crippen molar-refractivity contribution in [3.8, 4) is 44.5 Å². The normalized spacial score (nSPS) is 13.0. The van der Waals surface area contributed by atoms with Crippen molar-refractivity contribution in [3.05, 3.63) is 144 Å². The van der Waals surface area contributed by atoms with Crippen LogP contribution in [0.1, 0.15) is 22.8 Å². The SMILES string of the molecule is C[N+](C)(C)c1ccc(-c2c3nc(c(-c4ccc([N+](C)(C)C)cc4)c4ccc([nH]4)c(-c4ccc([N+](C)(C)C)cc4)c4nc(c(-c5ccc([N+](C)(C)C)cc5)c5ccc2[nH]5)C=C4)C=C3)cc1.[Fe]. The van der Waals surface area contributed by atoms with Gasteiger partial charge in [0.1, 0.15) is 22.7 Å². The molecule has 4 aromatic carbocycles. The Balaban J connectivity index is 0.00000576. The number of H-pyrrole nitrogens is 2. The molecule has 0 atom stereocenters. The molecule has 0 spiro atoms. The summed E-state index contributed by atoms with van der Waals surface area (Å²) < 4.78 is 2.91. The molecular weight excluding hydrogens is 841 g/mol. The number of aromatic nitrogens is 4. The van der Waals surface area contributed by atoms with Crippen molar-refractivity contribution in [2.45, 2.75) is 0 Å². The Morgan fingerprint density at radius 2 is 0.462 bits per heavy atom. The van der Waals surface area contributed by atoms with Gasteiger partial charge >= 0.3 is 0 Å². The molecule has 0 amide bonds. The maximum absolute atomic E-state index is 5.54. The van der Waals surface area contributed by atoms with E-state index in [1.54, 1.807) is 0 Å². The van der Waals surface area contributed by atoms with Gasteiger partial charge < -0.3 is 9.97 Å². The number of nitrogens with one attached hydrogen (secondary N) is 2. The molecule has 2 N–H and O–H groups in total. The number of quaternary nitrogens is 4. The Labute approximate surface area is 395 Å².